The number of carbonyl (C=O) groups excluding carboxylic acids is 2. The smallest absolute Gasteiger partial charge is 0.312 e. The molecular formula is C18H20N2O3S. The van der Waals surface area contributed by atoms with E-state index in [-0.39, 0.29) is 23.8 Å². The van der Waals surface area contributed by atoms with Crippen molar-refractivity contribution < 1.29 is 14.3 Å². The molecule has 126 valence electrons. The van der Waals surface area contributed by atoms with Gasteiger partial charge < -0.3 is 9.64 Å². The molecule has 3 atom stereocenters. The number of aromatic nitrogens is 1. The lowest BCUT2D eigenvalue weighted by Gasteiger charge is -2.37. The van der Waals surface area contributed by atoms with Gasteiger partial charge in [0.25, 0.3) is 0 Å². The van der Waals surface area contributed by atoms with E-state index < -0.39 is 6.10 Å². The molecule has 1 fully saturated rings. The second kappa shape index (κ2) is 7.13. The fraction of sp³-hybridized carbons (Fsp3) is 0.389. The van der Waals surface area contributed by atoms with Crippen LogP contribution < -0.4 is 0 Å². The quantitative estimate of drug-likeness (QED) is 0.798. The minimum absolute atomic E-state index is 0.0650. The average Bonchev–Trinajstić information content (AvgIpc) is 3.12. The van der Waals surface area contributed by atoms with E-state index in [9.17, 15) is 9.59 Å². The Morgan fingerprint density at radius 1 is 1.38 bits per heavy atom. The van der Waals surface area contributed by atoms with Crippen LogP contribution in [0.3, 0.4) is 0 Å². The van der Waals surface area contributed by atoms with E-state index >= 15 is 0 Å². The largest absolute Gasteiger partial charge is 0.456 e. The molecule has 5 nitrogen and oxygen atoms in total. The van der Waals surface area contributed by atoms with Crippen LogP contribution in [0.15, 0.2) is 41.9 Å². The number of amides is 1. The van der Waals surface area contributed by atoms with E-state index in [2.05, 4.69) is 4.98 Å². The number of thiophene rings is 1. The molecule has 1 saturated heterocycles. The number of rotatable bonds is 4. The van der Waals surface area contributed by atoms with Gasteiger partial charge in [-0.2, -0.15) is 0 Å². The highest BCUT2D eigenvalue weighted by Crippen LogP contribution is 2.39. The standard InChI is InChI=1S/C18H20N2O3S/c1-12(14-6-3-4-10-19-14)23-18(22)13-8-9-16(21)20(2)17(13)15-7-5-11-24-15/h3-7,10-13,17H,8-9H2,1-2H3/t12-,13-,17+/m0/s1. The summed E-state index contributed by atoms with van der Waals surface area (Å²) in [5.74, 6) is -0.557. The molecule has 6 heteroatoms. The lowest BCUT2D eigenvalue weighted by atomic mass is 9.88. The molecule has 0 aromatic carbocycles. The van der Waals surface area contributed by atoms with Crippen LogP contribution in [-0.2, 0) is 14.3 Å². The van der Waals surface area contributed by atoms with Crippen molar-refractivity contribution in [2.45, 2.75) is 31.9 Å². The van der Waals surface area contributed by atoms with Crippen LogP contribution in [0.5, 0.6) is 0 Å². The number of hydrogen-bond donors (Lipinski definition) is 0. The van der Waals surface area contributed by atoms with Gasteiger partial charge in [0.05, 0.1) is 17.7 Å². The maximum Gasteiger partial charge on any atom is 0.312 e. The fourth-order valence-corrected chi connectivity index (χ4v) is 4.01. The monoisotopic (exact) mass is 344 g/mol. The first-order chi connectivity index (χ1) is 11.6. The van der Waals surface area contributed by atoms with Gasteiger partial charge in [0, 0.05) is 24.5 Å². The first-order valence-corrected chi connectivity index (χ1v) is 8.86. The summed E-state index contributed by atoms with van der Waals surface area (Å²) in [6.07, 6.45) is 2.15. The third-order valence-corrected chi connectivity index (χ3v) is 5.34. The zero-order chi connectivity index (χ0) is 17.1. The van der Waals surface area contributed by atoms with E-state index in [1.807, 2.05) is 42.6 Å². The molecule has 3 rings (SSSR count). The van der Waals surface area contributed by atoms with Gasteiger partial charge in [-0.3, -0.25) is 14.6 Å². The van der Waals surface area contributed by atoms with Gasteiger partial charge in [-0.05, 0) is 36.9 Å². The Labute approximate surface area is 145 Å². The Morgan fingerprint density at radius 2 is 2.21 bits per heavy atom. The summed E-state index contributed by atoms with van der Waals surface area (Å²) in [7, 11) is 1.76. The van der Waals surface area contributed by atoms with Crippen molar-refractivity contribution in [1.29, 1.82) is 0 Å². The van der Waals surface area contributed by atoms with Crippen LogP contribution >= 0.6 is 11.3 Å². The molecule has 1 amide bonds. The van der Waals surface area contributed by atoms with Crippen LogP contribution in [0, 0.1) is 5.92 Å². The highest BCUT2D eigenvalue weighted by Gasteiger charge is 2.40. The number of pyridine rings is 1. The minimum atomic E-state index is -0.411. The van der Waals surface area contributed by atoms with E-state index in [1.54, 1.807) is 29.5 Å². The Kier molecular flexibility index (Phi) is 4.94. The maximum absolute atomic E-state index is 12.8. The van der Waals surface area contributed by atoms with Crippen molar-refractivity contribution in [1.82, 2.24) is 9.88 Å². The van der Waals surface area contributed by atoms with Crippen LogP contribution in [0.1, 0.15) is 42.5 Å². The van der Waals surface area contributed by atoms with Gasteiger partial charge >= 0.3 is 5.97 Å². The number of esters is 1. The number of piperidine rings is 1. The maximum atomic E-state index is 12.8. The lowest BCUT2D eigenvalue weighted by molar-refractivity contribution is -0.160. The Balaban J connectivity index is 1.78. The molecule has 0 N–H and O–H groups in total. The number of hydrogen-bond acceptors (Lipinski definition) is 5. The van der Waals surface area contributed by atoms with Crippen molar-refractivity contribution in [2.24, 2.45) is 5.92 Å². The molecule has 1 aliphatic rings. The van der Waals surface area contributed by atoms with Gasteiger partial charge in [-0.1, -0.05) is 12.1 Å². The zero-order valence-corrected chi connectivity index (χ0v) is 14.5. The first-order valence-electron chi connectivity index (χ1n) is 7.98. The molecule has 3 heterocycles. The molecule has 2 aromatic heterocycles. The number of ether oxygens (including phenoxy) is 1. The van der Waals surface area contributed by atoms with E-state index in [4.69, 9.17) is 4.74 Å². The summed E-state index contributed by atoms with van der Waals surface area (Å²) in [6.45, 7) is 1.82. The number of carbonyl (C=O) groups is 2. The molecule has 0 saturated carbocycles. The van der Waals surface area contributed by atoms with Gasteiger partial charge in [0.1, 0.15) is 6.10 Å². The van der Waals surface area contributed by atoms with Gasteiger partial charge in [-0.15, -0.1) is 11.3 Å². The van der Waals surface area contributed by atoms with E-state index in [1.165, 1.54) is 0 Å². The molecule has 24 heavy (non-hydrogen) atoms. The molecule has 0 aliphatic carbocycles. The highest BCUT2D eigenvalue weighted by molar-refractivity contribution is 7.10. The van der Waals surface area contributed by atoms with E-state index in [0.717, 1.165) is 10.6 Å². The molecule has 0 unspecified atom stereocenters. The van der Waals surface area contributed by atoms with Gasteiger partial charge in [0.15, 0.2) is 0 Å². The second-order valence-electron chi connectivity index (χ2n) is 5.94. The van der Waals surface area contributed by atoms with Crippen LogP contribution in [0.2, 0.25) is 0 Å². The topological polar surface area (TPSA) is 59.5 Å². The second-order valence-corrected chi connectivity index (χ2v) is 6.92. The first kappa shape index (κ1) is 16.6. The van der Waals surface area contributed by atoms with Crippen molar-refractivity contribution in [3.05, 3.63) is 52.5 Å². The normalized spacial score (nSPS) is 22.2. The van der Waals surface area contributed by atoms with Crippen molar-refractivity contribution in [3.63, 3.8) is 0 Å². The van der Waals surface area contributed by atoms with Gasteiger partial charge in [-0.25, -0.2) is 0 Å². The summed E-state index contributed by atoms with van der Waals surface area (Å²) >= 11 is 1.56. The third kappa shape index (κ3) is 3.33. The molecular weight excluding hydrogens is 324 g/mol. The SMILES string of the molecule is C[C@H](OC(=O)[C@H]1CCC(=O)N(C)[C@H]1c1cccs1)c1ccccn1. The molecule has 0 bridgehead atoms. The average molecular weight is 344 g/mol. The number of likely N-dealkylation sites (tertiary alicyclic amines) is 1. The zero-order valence-electron chi connectivity index (χ0n) is 13.7. The van der Waals surface area contributed by atoms with Crippen molar-refractivity contribution in [3.8, 4) is 0 Å². The summed E-state index contributed by atoms with van der Waals surface area (Å²) in [6, 6.07) is 9.18. The van der Waals surface area contributed by atoms with Crippen molar-refractivity contribution in [2.75, 3.05) is 7.05 Å². The Hall–Kier alpha value is -2.21. The molecule has 0 spiro atoms. The Morgan fingerprint density at radius 3 is 2.88 bits per heavy atom. The third-order valence-electron chi connectivity index (χ3n) is 4.40. The van der Waals surface area contributed by atoms with Crippen molar-refractivity contribution >= 4 is 23.2 Å². The minimum Gasteiger partial charge on any atom is -0.456 e. The predicted octanol–water partition coefficient (Wildman–Crippen LogP) is 3.36. The lowest BCUT2D eigenvalue weighted by Crippen LogP contribution is -2.43. The van der Waals surface area contributed by atoms with E-state index in [0.29, 0.717) is 12.8 Å². The van der Waals surface area contributed by atoms with Gasteiger partial charge in [0.2, 0.25) is 5.91 Å². The summed E-state index contributed by atoms with van der Waals surface area (Å²) in [5.41, 5.74) is 0.721. The molecule has 2 aromatic rings. The van der Waals surface area contributed by atoms with Crippen LogP contribution in [0.4, 0.5) is 0 Å². The summed E-state index contributed by atoms with van der Waals surface area (Å²) in [4.78, 5) is 31.8. The summed E-state index contributed by atoms with van der Waals surface area (Å²) in [5, 5.41) is 1.96. The summed E-state index contributed by atoms with van der Waals surface area (Å²) < 4.78 is 5.65. The Bertz CT molecular complexity index is 702. The highest BCUT2D eigenvalue weighted by atomic mass is 32.1. The predicted molar refractivity (Wildman–Crippen MR) is 91.3 cm³/mol. The van der Waals surface area contributed by atoms with Crippen LogP contribution in [-0.4, -0.2) is 28.8 Å². The molecule has 0 radical (unpaired) electrons. The molecule has 1 aliphatic heterocycles. The van der Waals surface area contributed by atoms with Crippen LogP contribution in [0.25, 0.3) is 0 Å². The fourth-order valence-electron chi connectivity index (χ4n) is 3.07. The number of nitrogens with zero attached hydrogens (tertiary/aromatic N) is 2.